The van der Waals surface area contributed by atoms with E-state index < -0.39 is 0 Å². The smallest absolute Gasteiger partial charge is 0.176 e. The molecule has 5 heteroatoms. The van der Waals surface area contributed by atoms with E-state index in [2.05, 4.69) is 4.98 Å². The molecule has 1 atom stereocenters. The minimum absolute atomic E-state index is 0.0495. The van der Waals surface area contributed by atoms with Crippen LogP contribution in [0.15, 0.2) is 70.0 Å². The SMILES string of the molecule is OC[C@H](Cc1ccco1)Cn1ccnc1-c1cc2ccccc2o1. The molecule has 0 bridgehead atoms. The van der Waals surface area contributed by atoms with Gasteiger partial charge in [-0.15, -0.1) is 0 Å². The molecule has 0 amide bonds. The van der Waals surface area contributed by atoms with Gasteiger partial charge in [0.05, 0.1) is 6.26 Å². The van der Waals surface area contributed by atoms with Gasteiger partial charge in [-0.05, 0) is 24.3 Å². The van der Waals surface area contributed by atoms with Gasteiger partial charge in [-0.1, -0.05) is 18.2 Å². The number of aliphatic hydroxyl groups is 1. The van der Waals surface area contributed by atoms with Gasteiger partial charge in [0.15, 0.2) is 11.6 Å². The van der Waals surface area contributed by atoms with Crippen LogP contribution < -0.4 is 0 Å². The average molecular weight is 322 g/mol. The molecule has 0 aliphatic carbocycles. The van der Waals surface area contributed by atoms with Crippen LogP contribution in [0.2, 0.25) is 0 Å². The number of fused-ring (bicyclic) bond motifs is 1. The lowest BCUT2D eigenvalue weighted by Gasteiger charge is -2.14. The Morgan fingerprint density at radius 1 is 1.17 bits per heavy atom. The minimum Gasteiger partial charge on any atom is -0.469 e. The molecule has 1 N–H and O–H groups in total. The van der Waals surface area contributed by atoms with Crippen molar-refractivity contribution in [3.05, 3.63) is 66.9 Å². The number of nitrogens with zero attached hydrogens (tertiary/aromatic N) is 2. The van der Waals surface area contributed by atoms with Gasteiger partial charge < -0.3 is 18.5 Å². The van der Waals surface area contributed by atoms with Crippen LogP contribution in [0.5, 0.6) is 0 Å². The van der Waals surface area contributed by atoms with Crippen molar-refractivity contribution in [2.45, 2.75) is 13.0 Å². The van der Waals surface area contributed by atoms with Crippen LogP contribution in [0.25, 0.3) is 22.6 Å². The lowest BCUT2D eigenvalue weighted by atomic mass is 10.0. The van der Waals surface area contributed by atoms with E-state index in [1.165, 1.54) is 0 Å². The summed E-state index contributed by atoms with van der Waals surface area (Å²) in [5.41, 5.74) is 0.844. The van der Waals surface area contributed by atoms with Gasteiger partial charge in [0, 0.05) is 43.3 Å². The van der Waals surface area contributed by atoms with Crippen molar-refractivity contribution in [2.24, 2.45) is 5.92 Å². The van der Waals surface area contributed by atoms with Crippen molar-refractivity contribution < 1.29 is 13.9 Å². The van der Waals surface area contributed by atoms with Crippen LogP contribution in [0.4, 0.5) is 0 Å². The van der Waals surface area contributed by atoms with Crippen molar-refractivity contribution in [2.75, 3.05) is 6.61 Å². The first kappa shape index (κ1) is 14.8. The highest BCUT2D eigenvalue weighted by atomic mass is 16.3. The second-order valence-electron chi connectivity index (χ2n) is 5.88. The number of benzene rings is 1. The summed E-state index contributed by atoms with van der Waals surface area (Å²) < 4.78 is 13.3. The average Bonchev–Trinajstić information content (AvgIpc) is 3.34. The van der Waals surface area contributed by atoms with Crippen LogP contribution in [0.3, 0.4) is 0 Å². The zero-order valence-corrected chi connectivity index (χ0v) is 13.1. The Bertz CT molecular complexity index is 888. The molecular formula is C19H18N2O3. The molecule has 0 saturated heterocycles. The normalized spacial score (nSPS) is 12.7. The first-order valence-electron chi connectivity index (χ1n) is 7.97. The number of hydrogen-bond acceptors (Lipinski definition) is 4. The third-order valence-electron chi connectivity index (χ3n) is 4.14. The maximum Gasteiger partial charge on any atom is 0.176 e. The standard InChI is InChI=1S/C19H18N2O3/c22-13-14(10-16-5-3-9-23-16)12-21-8-7-20-19(21)18-11-15-4-1-2-6-17(15)24-18/h1-9,11,14,22H,10,12-13H2/t14-/m1/s1. The van der Waals surface area contributed by atoms with Gasteiger partial charge in [-0.2, -0.15) is 0 Å². The third-order valence-corrected chi connectivity index (χ3v) is 4.14. The Morgan fingerprint density at radius 3 is 2.88 bits per heavy atom. The number of aromatic nitrogens is 2. The molecule has 24 heavy (non-hydrogen) atoms. The molecule has 0 saturated carbocycles. The third kappa shape index (κ3) is 2.86. The second-order valence-corrected chi connectivity index (χ2v) is 5.88. The predicted octanol–water partition coefficient (Wildman–Crippen LogP) is 3.74. The molecule has 4 aromatic rings. The first-order valence-corrected chi connectivity index (χ1v) is 7.97. The quantitative estimate of drug-likeness (QED) is 0.587. The van der Waals surface area contributed by atoms with E-state index in [9.17, 15) is 5.11 Å². The lowest BCUT2D eigenvalue weighted by Crippen LogP contribution is -2.17. The number of para-hydroxylation sites is 1. The molecule has 0 fully saturated rings. The maximum atomic E-state index is 9.70. The van der Waals surface area contributed by atoms with E-state index in [-0.39, 0.29) is 12.5 Å². The Labute approximate surface area is 139 Å². The largest absolute Gasteiger partial charge is 0.469 e. The van der Waals surface area contributed by atoms with Gasteiger partial charge in [-0.25, -0.2) is 4.98 Å². The van der Waals surface area contributed by atoms with E-state index in [0.29, 0.717) is 13.0 Å². The summed E-state index contributed by atoms with van der Waals surface area (Å²) >= 11 is 0. The van der Waals surface area contributed by atoms with Gasteiger partial charge in [0.1, 0.15) is 11.3 Å². The molecule has 5 nitrogen and oxygen atoms in total. The number of hydrogen-bond donors (Lipinski definition) is 1. The van der Waals surface area contributed by atoms with Gasteiger partial charge >= 0.3 is 0 Å². The number of furan rings is 2. The summed E-state index contributed by atoms with van der Waals surface area (Å²) in [5, 5.41) is 10.8. The summed E-state index contributed by atoms with van der Waals surface area (Å²) in [6, 6.07) is 13.7. The van der Waals surface area contributed by atoms with Crippen LogP contribution in [-0.2, 0) is 13.0 Å². The Morgan fingerprint density at radius 2 is 2.08 bits per heavy atom. The highest BCUT2D eigenvalue weighted by molar-refractivity contribution is 5.81. The molecular weight excluding hydrogens is 304 g/mol. The van der Waals surface area contributed by atoms with Crippen molar-refractivity contribution in [1.82, 2.24) is 9.55 Å². The van der Waals surface area contributed by atoms with Crippen molar-refractivity contribution in [3.63, 3.8) is 0 Å². The zero-order chi connectivity index (χ0) is 16.4. The topological polar surface area (TPSA) is 64.3 Å². The predicted molar refractivity (Wildman–Crippen MR) is 90.4 cm³/mol. The zero-order valence-electron chi connectivity index (χ0n) is 13.1. The van der Waals surface area contributed by atoms with Crippen molar-refractivity contribution >= 4 is 11.0 Å². The van der Waals surface area contributed by atoms with E-state index in [1.807, 2.05) is 53.2 Å². The van der Waals surface area contributed by atoms with Crippen LogP contribution in [0.1, 0.15) is 5.76 Å². The monoisotopic (exact) mass is 322 g/mol. The molecule has 0 unspecified atom stereocenters. The summed E-state index contributed by atoms with van der Waals surface area (Å²) in [5.74, 6) is 2.42. The van der Waals surface area contributed by atoms with Crippen molar-refractivity contribution in [3.8, 4) is 11.6 Å². The molecule has 122 valence electrons. The molecule has 1 aromatic carbocycles. The molecule has 0 aliphatic heterocycles. The second kappa shape index (κ2) is 6.37. The highest BCUT2D eigenvalue weighted by Gasteiger charge is 2.16. The summed E-state index contributed by atoms with van der Waals surface area (Å²) in [6.45, 7) is 0.724. The molecule has 4 rings (SSSR count). The Balaban J connectivity index is 1.59. The van der Waals surface area contributed by atoms with Gasteiger partial charge in [0.25, 0.3) is 0 Å². The van der Waals surface area contributed by atoms with Gasteiger partial charge in [-0.3, -0.25) is 0 Å². The van der Waals surface area contributed by atoms with Crippen molar-refractivity contribution in [1.29, 1.82) is 0 Å². The fourth-order valence-corrected chi connectivity index (χ4v) is 2.95. The molecule has 0 spiro atoms. The number of aliphatic hydroxyl groups excluding tert-OH is 1. The molecule has 3 heterocycles. The fraction of sp³-hybridized carbons (Fsp3) is 0.211. The van der Waals surface area contributed by atoms with Crippen LogP contribution >= 0.6 is 0 Å². The highest BCUT2D eigenvalue weighted by Crippen LogP contribution is 2.27. The fourth-order valence-electron chi connectivity index (χ4n) is 2.95. The lowest BCUT2D eigenvalue weighted by molar-refractivity contribution is 0.204. The van der Waals surface area contributed by atoms with E-state index in [0.717, 1.165) is 28.3 Å². The molecule has 0 radical (unpaired) electrons. The van der Waals surface area contributed by atoms with Crippen LogP contribution in [-0.4, -0.2) is 21.3 Å². The molecule has 3 aromatic heterocycles. The summed E-state index contributed by atoms with van der Waals surface area (Å²) in [4.78, 5) is 4.43. The summed E-state index contributed by atoms with van der Waals surface area (Å²) in [7, 11) is 0. The molecule has 0 aliphatic rings. The van der Waals surface area contributed by atoms with Crippen LogP contribution in [0, 0.1) is 5.92 Å². The first-order chi connectivity index (χ1) is 11.8. The van der Waals surface area contributed by atoms with Gasteiger partial charge in [0.2, 0.25) is 0 Å². The van der Waals surface area contributed by atoms with E-state index >= 15 is 0 Å². The van der Waals surface area contributed by atoms with E-state index in [1.54, 1.807) is 12.5 Å². The number of rotatable bonds is 6. The Hall–Kier alpha value is -2.79. The minimum atomic E-state index is 0.0495. The number of imidazole rings is 1. The van der Waals surface area contributed by atoms with E-state index in [4.69, 9.17) is 8.83 Å². The maximum absolute atomic E-state index is 9.70. The Kier molecular flexibility index (Phi) is 3.92. The summed E-state index contributed by atoms with van der Waals surface area (Å²) in [6.07, 6.45) is 6.00.